The van der Waals surface area contributed by atoms with Gasteiger partial charge in [-0.25, -0.2) is 0 Å². The zero-order valence-corrected chi connectivity index (χ0v) is 8.91. The summed E-state index contributed by atoms with van der Waals surface area (Å²) in [5.41, 5.74) is 10.5. The molecule has 0 saturated heterocycles. The average Bonchev–Trinajstić information content (AvgIpc) is 2.85. The lowest BCUT2D eigenvalue weighted by Gasteiger charge is -1.96. The van der Waals surface area contributed by atoms with Crippen LogP contribution in [0.5, 0.6) is 0 Å². The number of para-hydroxylation sites is 1. The number of nitrogen functional groups attached to an aromatic ring is 1. The molecule has 3 aromatic rings. The van der Waals surface area contributed by atoms with Crippen LogP contribution in [0.4, 0.5) is 5.69 Å². The van der Waals surface area contributed by atoms with E-state index in [-0.39, 0.29) is 0 Å². The molecule has 0 fully saturated rings. The predicted octanol–water partition coefficient (Wildman–Crippen LogP) is 2.45. The average molecular weight is 212 g/mol. The fourth-order valence-electron chi connectivity index (χ4n) is 1.91. The normalized spacial score (nSPS) is 11.1. The van der Waals surface area contributed by atoms with Gasteiger partial charge in [0.1, 0.15) is 5.69 Å². The monoisotopic (exact) mass is 212 g/mol. The second kappa shape index (κ2) is 3.13. The van der Waals surface area contributed by atoms with Gasteiger partial charge in [-0.2, -0.15) is 5.10 Å². The second-order valence-electron chi connectivity index (χ2n) is 3.86. The van der Waals surface area contributed by atoms with Crippen LogP contribution in [-0.4, -0.2) is 15.2 Å². The van der Waals surface area contributed by atoms with E-state index in [4.69, 9.17) is 5.73 Å². The number of rotatable bonds is 1. The molecule has 0 saturated carbocycles. The van der Waals surface area contributed by atoms with E-state index >= 15 is 0 Å². The molecule has 0 amide bonds. The van der Waals surface area contributed by atoms with Crippen LogP contribution in [0.15, 0.2) is 30.5 Å². The Morgan fingerprint density at radius 2 is 2.06 bits per heavy atom. The lowest BCUT2D eigenvalue weighted by Crippen LogP contribution is -1.87. The van der Waals surface area contributed by atoms with Gasteiger partial charge in [0.25, 0.3) is 0 Å². The number of nitrogens with two attached hydrogens (primary N) is 1. The number of aromatic amines is 2. The van der Waals surface area contributed by atoms with Crippen molar-refractivity contribution in [2.24, 2.45) is 0 Å². The highest BCUT2D eigenvalue weighted by Gasteiger charge is 2.12. The Hall–Kier alpha value is -2.23. The van der Waals surface area contributed by atoms with Crippen molar-refractivity contribution in [2.75, 3.05) is 5.73 Å². The second-order valence-corrected chi connectivity index (χ2v) is 3.86. The fourth-order valence-corrected chi connectivity index (χ4v) is 1.91. The van der Waals surface area contributed by atoms with Gasteiger partial charge in [0.05, 0.1) is 11.4 Å². The minimum absolute atomic E-state index is 0.713. The highest BCUT2D eigenvalue weighted by atomic mass is 15.1. The number of H-pyrrole nitrogens is 2. The SMILES string of the molecule is Cc1[nH]nc(-c2c[nH]c3ccccc23)c1N. The molecular weight excluding hydrogens is 200 g/mol. The van der Waals surface area contributed by atoms with Gasteiger partial charge in [-0.3, -0.25) is 5.10 Å². The summed E-state index contributed by atoms with van der Waals surface area (Å²) in [5.74, 6) is 0. The van der Waals surface area contributed by atoms with E-state index in [1.807, 2.05) is 31.3 Å². The Bertz CT molecular complexity index is 648. The van der Waals surface area contributed by atoms with Gasteiger partial charge in [0.15, 0.2) is 0 Å². The number of hydrogen-bond acceptors (Lipinski definition) is 2. The smallest absolute Gasteiger partial charge is 0.117 e. The highest BCUT2D eigenvalue weighted by molar-refractivity contribution is 5.97. The van der Waals surface area contributed by atoms with Crippen LogP contribution in [0.3, 0.4) is 0 Å². The molecule has 0 aliphatic carbocycles. The molecule has 1 aromatic carbocycles. The lowest BCUT2D eigenvalue weighted by atomic mass is 10.1. The summed E-state index contributed by atoms with van der Waals surface area (Å²) < 4.78 is 0. The quantitative estimate of drug-likeness (QED) is 0.579. The number of hydrogen-bond donors (Lipinski definition) is 3. The summed E-state index contributed by atoms with van der Waals surface area (Å²) in [5, 5.41) is 8.28. The van der Waals surface area contributed by atoms with Gasteiger partial charge in [-0.1, -0.05) is 18.2 Å². The Morgan fingerprint density at radius 1 is 1.25 bits per heavy atom. The Morgan fingerprint density at radius 3 is 2.81 bits per heavy atom. The molecule has 0 radical (unpaired) electrons. The first-order valence-electron chi connectivity index (χ1n) is 5.14. The van der Waals surface area contributed by atoms with Gasteiger partial charge in [0.2, 0.25) is 0 Å². The van der Waals surface area contributed by atoms with Crippen molar-refractivity contribution in [1.82, 2.24) is 15.2 Å². The summed E-state index contributed by atoms with van der Waals surface area (Å²) in [6.07, 6.45) is 1.94. The topological polar surface area (TPSA) is 70.5 Å². The van der Waals surface area contributed by atoms with Crippen LogP contribution in [0, 0.1) is 6.92 Å². The number of anilines is 1. The highest BCUT2D eigenvalue weighted by Crippen LogP contribution is 2.31. The van der Waals surface area contributed by atoms with Gasteiger partial charge >= 0.3 is 0 Å². The molecule has 4 nitrogen and oxygen atoms in total. The molecule has 16 heavy (non-hydrogen) atoms. The standard InChI is InChI=1S/C12H12N4/c1-7-11(13)12(16-15-7)9-6-14-10-5-3-2-4-8(9)10/h2-6,14H,13H2,1H3,(H,15,16). The molecule has 2 aromatic heterocycles. The zero-order chi connectivity index (χ0) is 11.1. The predicted molar refractivity (Wildman–Crippen MR) is 65.0 cm³/mol. The van der Waals surface area contributed by atoms with E-state index in [9.17, 15) is 0 Å². The first kappa shape index (κ1) is 9.03. The molecule has 0 spiro atoms. The summed E-state index contributed by atoms with van der Waals surface area (Å²) in [4.78, 5) is 3.21. The number of nitrogens with one attached hydrogen (secondary N) is 2. The summed E-state index contributed by atoms with van der Waals surface area (Å²) in [7, 11) is 0. The number of aromatic nitrogens is 3. The van der Waals surface area contributed by atoms with Gasteiger partial charge in [-0.15, -0.1) is 0 Å². The van der Waals surface area contributed by atoms with Crippen molar-refractivity contribution in [3.05, 3.63) is 36.2 Å². The van der Waals surface area contributed by atoms with E-state index in [1.165, 1.54) is 0 Å². The zero-order valence-electron chi connectivity index (χ0n) is 8.91. The lowest BCUT2D eigenvalue weighted by molar-refractivity contribution is 1.05. The maximum Gasteiger partial charge on any atom is 0.117 e. The maximum absolute atomic E-state index is 5.98. The molecule has 80 valence electrons. The molecule has 3 rings (SSSR count). The Kier molecular flexibility index (Phi) is 1.77. The molecule has 0 aliphatic heterocycles. The minimum Gasteiger partial charge on any atom is -0.395 e. The van der Waals surface area contributed by atoms with Crippen molar-refractivity contribution in [2.45, 2.75) is 6.92 Å². The molecule has 4 heteroatoms. The maximum atomic E-state index is 5.98. The van der Waals surface area contributed by atoms with Crippen molar-refractivity contribution < 1.29 is 0 Å². The van der Waals surface area contributed by atoms with Crippen molar-refractivity contribution >= 4 is 16.6 Å². The van der Waals surface area contributed by atoms with E-state index in [0.717, 1.165) is 27.9 Å². The summed E-state index contributed by atoms with van der Waals surface area (Å²) in [6, 6.07) is 8.11. The molecule has 2 heterocycles. The largest absolute Gasteiger partial charge is 0.395 e. The third-order valence-corrected chi connectivity index (χ3v) is 2.84. The van der Waals surface area contributed by atoms with Crippen LogP contribution in [0.1, 0.15) is 5.69 Å². The van der Waals surface area contributed by atoms with E-state index < -0.39 is 0 Å². The van der Waals surface area contributed by atoms with E-state index in [1.54, 1.807) is 0 Å². The van der Waals surface area contributed by atoms with Crippen LogP contribution >= 0.6 is 0 Å². The first-order chi connectivity index (χ1) is 7.77. The fraction of sp³-hybridized carbons (Fsp3) is 0.0833. The number of benzene rings is 1. The third-order valence-electron chi connectivity index (χ3n) is 2.84. The number of nitrogens with zero attached hydrogens (tertiary/aromatic N) is 1. The van der Waals surface area contributed by atoms with Gasteiger partial charge in [0, 0.05) is 22.7 Å². The van der Waals surface area contributed by atoms with Gasteiger partial charge < -0.3 is 10.7 Å². The van der Waals surface area contributed by atoms with Crippen LogP contribution in [-0.2, 0) is 0 Å². The van der Waals surface area contributed by atoms with Crippen molar-refractivity contribution in [1.29, 1.82) is 0 Å². The van der Waals surface area contributed by atoms with Crippen molar-refractivity contribution in [3.8, 4) is 11.3 Å². The molecule has 0 unspecified atom stereocenters. The molecule has 0 atom stereocenters. The molecule has 0 bridgehead atoms. The van der Waals surface area contributed by atoms with E-state index in [0.29, 0.717) is 5.69 Å². The Labute approximate surface area is 92.5 Å². The van der Waals surface area contributed by atoms with Crippen LogP contribution in [0.25, 0.3) is 22.2 Å². The molecular formula is C12H12N4. The minimum atomic E-state index is 0.713. The summed E-state index contributed by atoms with van der Waals surface area (Å²) in [6.45, 7) is 1.92. The third kappa shape index (κ3) is 1.13. The molecule has 0 aliphatic rings. The van der Waals surface area contributed by atoms with Crippen molar-refractivity contribution in [3.63, 3.8) is 0 Å². The molecule has 4 N–H and O–H groups in total. The van der Waals surface area contributed by atoms with Gasteiger partial charge in [-0.05, 0) is 13.0 Å². The Balaban J connectivity index is 2.30. The number of aryl methyl sites for hydroxylation is 1. The van der Waals surface area contributed by atoms with E-state index in [2.05, 4.69) is 21.2 Å². The summed E-state index contributed by atoms with van der Waals surface area (Å²) >= 11 is 0. The first-order valence-corrected chi connectivity index (χ1v) is 5.14. The van der Waals surface area contributed by atoms with Crippen LogP contribution in [0.2, 0.25) is 0 Å². The number of fused-ring (bicyclic) bond motifs is 1. The van der Waals surface area contributed by atoms with Crippen LogP contribution < -0.4 is 5.73 Å².